The van der Waals surface area contributed by atoms with Crippen molar-refractivity contribution in [2.75, 3.05) is 7.11 Å². The maximum Gasteiger partial charge on any atom is 0.343 e. The molecule has 0 saturated heterocycles. The van der Waals surface area contributed by atoms with Gasteiger partial charge in [0.05, 0.1) is 7.11 Å². The fourth-order valence-electron chi connectivity index (χ4n) is 1.56. The van der Waals surface area contributed by atoms with Gasteiger partial charge >= 0.3 is 22.9 Å². The maximum absolute atomic E-state index is 11.6. The van der Waals surface area contributed by atoms with Gasteiger partial charge in [-0.25, -0.2) is 9.59 Å². The highest BCUT2D eigenvalue weighted by molar-refractivity contribution is 5.88. The molecule has 2 aromatic rings. The van der Waals surface area contributed by atoms with E-state index < -0.39 is 23.1 Å². The van der Waals surface area contributed by atoms with Gasteiger partial charge in [0.25, 0.3) is 5.88 Å². The van der Waals surface area contributed by atoms with E-state index in [1.165, 1.54) is 36.2 Å². The van der Waals surface area contributed by atoms with E-state index in [-0.39, 0.29) is 11.3 Å². The molecule has 19 heavy (non-hydrogen) atoms. The summed E-state index contributed by atoms with van der Waals surface area (Å²) in [6.07, 6.45) is 2.74. The second-order valence-corrected chi connectivity index (χ2v) is 3.60. The molecule has 0 radical (unpaired) electrons. The zero-order valence-electron chi connectivity index (χ0n) is 9.84. The number of pyridine rings is 1. The molecule has 0 bridgehead atoms. The fraction of sp³-hybridized carbons (Fsp3) is 0.0909. The van der Waals surface area contributed by atoms with Crippen molar-refractivity contribution >= 4 is 5.97 Å². The van der Waals surface area contributed by atoms with Crippen LogP contribution in [0.5, 0.6) is 5.88 Å². The van der Waals surface area contributed by atoms with Crippen LogP contribution in [0.2, 0.25) is 0 Å². The summed E-state index contributed by atoms with van der Waals surface area (Å²) in [4.78, 5) is 38.0. The number of methoxy groups -OCH3 is 1. The summed E-state index contributed by atoms with van der Waals surface area (Å²) in [5, 5.41) is 9.60. The second kappa shape index (κ2) is 4.77. The number of nitrogens with zero attached hydrogens (tertiary/aromatic N) is 1. The van der Waals surface area contributed by atoms with Crippen molar-refractivity contribution in [1.29, 1.82) is 0 Å². The highest BCUT2D eigenvalue weighted by Gasteiger charge is 2.21. The van der Waals surface area contributed by atoms with Gasteiger partial charge in [0.2, 0.25) is 0 Å². The Hall–Kier alpha value is -2.90. The van der Waals surface area contributed by atoms with Crippen LogP contribution in [0.4, 0.5) is 0 Å². The number of ether oxygens (including phenoxy) is 1. The Balaban J connectivity index is 2.63. The van der Waals surface area contributed by atoms with Crippen molar-refractivity contribution in [3.8, 4) is 11.6 Å². The van der Waals surface area contributed by atoms with E-state index >= 15 is 0 Å². The predicted molar refractivity (Wildman–Crippen MR) is 62.2 cm³/mol. The smallest absolute Gasteiger partial charge is 0.343 e. The van der Waals surface area contributed by atoms with Gasteiger partial charge in [-0.15, -0.1) is 0 Å². The number of nitrogens with one attached hydrogen (secondary N) is 2. The number of aromatic nitrogens is 3. The van der Waals surface area contributed by atoms with Crippen LogP contribution in [0, 0.1) is 0 Å². The molecule has 3 N–H and O–H groups in total. The van der Waals surface area contributed by atoms with Crippen LogP contribution < -0.4 is 15.8 Å². The largest absolute Gasteiger partial charge is 0.490 e. The summed E-state index contributed by atoms with van der Waals surface area (Å²) < 4.78 is 5.75. The van der Waals surface area contributed by atoms with Crippen LogP contribution in [0.15, 0.2) is 34.1 Å². The first-order valence-electron chi connectivity index (χ1n) is 5.18. The molecule has 8 nitrogen and oxygen atoms in total. The molecule has 0 aliphatic rings. The maximum atomic E-state index is 11.6. The van der Waals surface area contributed by atoms with Crippen molar-refractivity contribution in [2.24, 2.45) is 0 Å². The van der Waals surface area contributed by atoms with E-state index in [2.05, 4.69) is 4.74 Å². The van der Waals surface area contributed by atoms with Crippen LogP contribution in [-0.4, -0.2) is 28.2 Å². The number of hydrogen-bond acceptors (Lipinski definition) is 5. The van der Waals surface area contributed by atoms with E-state index in [0.29, 0.717) is 0 Å². The van der Waals surface area contributed by atoms with Gasteiger partial charge < -0.3 is 9.84 Å². The third-order valence-corrected chi connectivity index (χ3v) is 2.38. The second-order valence-electron chi connectivity index (χ2n) is 3.60. The summed E-state index contributed by atoms with van der Waals surface area (Å²) in [6.45, 7) is 0. The molecule has 0 aliphatic carbocycles. The summed E-state index contributed by atoms with van der Waals surface area (Å²) in [6, 6.07) is 2.98. The number of esters is 1. The third-order valence-electron chi connectivity index (χ3n) is 2.38. The number of rotatable bonds is 2. The van der Waals surface area contributed by atoms with E-state index in [4.69, 9.17) is 0 Å². The summed E-state index contributed by atoms with van der Waals surface area (Å²) in [5.41, 5.74) is -1.62. The molecule has 98 valence electrons. The Labute approximate surface area is 105 Å². The molecule has 0 unspecified atom stereocenters. The van der Waals surface area contributed by atoms with Gasteiger partial charge in [-0.1, -0.05) is 0 Å². The minimum absolute atomic E-state index is 0.190. The molecule has 0 amide bonds. The normalized spacial score (nSPS) is 10.2. The Morgan fingerprint density at radius 3 is 2.74 bits per heavy atom. The summed E-state index contributed by atoms with van der Waals surface area (Å²) in [5.74, 6) is -1.18. The number of hydrogen-bond donors (Lipinski definition) is 3. The highest BCUT2D eigenvalue weighted by atomic mass is 16.5. The SMILES string of the molecule is COC(=O)c1ccc[n+](-c2c(O)[nH]c(=O)[nH]c2=O)c1. The van der Waals surface area contributed by atoms with Gasteiger partial charge in [0, 0.05) is 6.07 Å². The van der Waals surface area contributed by atoms with E-state index in [1.807, 2.05) is 9.97 Å². The molecule has 0 atom stereocenters. The van der Waals surface area contributed by atoms with Crippen LogP contribution in [0.3, 0.4) is 0 Å². The average molecular weight is 264 g/mol. The summed E-state index contributed by atoms with van der Waals surface area (Å²) in [7, 11) is 1.23. The Morgan fingerprint density at radius 1 is 1.37 bits per heavy atom. The first-order valence-corrected chi connectivity index (χ1v) is 5.18. The lowest BCUT2D eigenvalue weighted by atomic mass is 10.3. The molecule has 2 rings (SSSR count). The van der Waals surface area contributed by atoms with Gasteiger partial charge in [0.1, 0.15) is 5.56 Å². The number of carbonyl (C=O) groups is 1. The standard InChI is InChI=1S/C11H9N3O5/c1-19-10(17)6-3-2-4-14(5-6)7-8(15)12-11(18)13-9(7)16/h2-5H,1H3,(H2-,12,13,15,16,18)/p+1. The molecule has 0 fully saturated rings. The summed E-state index contributed by atoms with van der Waals surface area (Å²) >= 11 is 0. The number of H-pyrrole nitrogens is 2. The Kier molecular flexibility index (Phi) is 3.15. The molecule has 0 aromatic carbocycles. The highest BCUT2D eigenvalue weighted by Crippen LogP contribution is 2.05. The van der Waals surface area contributed by atoms with Crippen LogP contribution >= 0.6 is 0 Å². The number of aromatic amines is 2. The minimum atomic E-state index is -0.823. The molecule has 2 aromatic heterocycles. The number of carbonyl (C=O) groups excluding carboxylic acids is 1. The van der Waals surface area contributed by atoms with E-state index in [1.54, 1.807) is 0 Å². The molecular weight excluding hydrogens is 254 g/mol. The molecular formula is C11H10N3O5+. The zero-order valence-corrected chi connectivity index (χ0v) is 9.84. The molecule has 0 spiro atoms. The molecule has 2 heterocycles. The zero-order chi connectivity index (χ0) is 14.0. The Bertz CT molecular complexity index is 746. The topological polar surface area (TPSA) is 116 Å². The lowest BCUT2D eigenvalue weighted by Gasteiger charge is -1.99. The molecule has 8 heteroatoms. The van der Waals surface area contributed by atoms with E-state index in [9.17, 15) is 19.5 Å². The van der Waals surface area contributed by atoms with Crippen molar-refractivity contribution in [1.82, 2.24) is 9.97 Å². The van der Waals surface area contributed by atoms with Crippen molar-refractivity contribution in [3.05, 3.63) is 50.9 Å². The monoisotopic (exact) mass is 264 g/mol. The lowest BCUT2D eigenvalue weighted by molar-refractivity contribution is -0.597. The van der Waals surface area contributed by atoms with Crippen LogP contribution in [0.25, 0.3) is 5.69 Å². The predicted octanol–water partition coefficient (Wildman–Crippen LogP) is -1.17. The molecule has 0 saturated carbocycles. The van der Waals surface area contributed by atoms with Crippen molar-refractivity contribution in [3.63, 3.8) is 0 Å². The first-order chi connectivity index (χ1) is 9.02. The van der Waals surface area contributed by atoms with Crippen LogP contribution in [0.1, 0.15) is 10.4 Å². The number of aromatic hydroxyl groups is 1. The fourth-order valence-corrected chi connectivity index (χ4v) is 1.56. The van der Waals surface area contributed by atoms with Gasteiger partial charge in [0.15, 0.2) is 12.4 Å². The van der Waals surface area contributed by atoms with Crippen molar-refractivity contribution < 1.29 is 19.2 Å². The van der Waals surface area contributed by atoms with Gasteiger partial charge in [-0.3, -0.25) is 14.8 Å². The third kappa shape index (κ3) is 2.37. The van der Waals surface area contributed by atoms with Gasteiger partial charge in [-0.2, -0.15) is 4.57 Å². The first kappa shape index (κ1) is 12.6. The average Bonchev–Trinajstić information content (AvgIpc) is 2.37. The quantitative estimate of drug-likeness (QED) is 0.467. The minimum Gasteiger partial charge on any atom is -0.490 e. The van der Waals surface area contributed by atoms with Crippen LogP contribution in [-0.2, 0) is 4.74 Å². The van der Waals surface area contributed by atoms with Gasteiger partial charge in [-0.05, 0) is 6.07 Å². The van der Waals surface area contributed by atoms with Crippen molar-refractivity contribution in [2.45, 2.75) is 0 Å². The lowest BCUT2D eigenvalue weighted by Crippen LogP contribution is -2.40. The van der Waals surface area contributed by atoms with E-state index in [0.717, 1.165) is 0 Å². The molecule has 0 aliphatic heterocycles. The Morgan fingerprint density at radius 2 is 2.11 bits per heavy atom.